The second-order valence-electron chi connectivity index (χ2n) is 6.17. The molecule has 0 amide bonds. The zero-order valence-electron chi connectivity index (χ0n) is 12.5. The molecule has 1 aromatic heterocycles. The van der Waals surface area contributed by atoms with Crippen molar-refractivity contribution in [2.75, 3.05) is 6.61 Å². The van der Waals surface area contributed by atoms with Crippen LogP contribution in [0.25, 0.3) is 0 Å². The Morgan fingerprint density at radius 1 is 1.24 bits per heavy atom. The number of rotatable bonds is 5. The molecule has 5 heteroatoms. The highest BCUT2D eigenvalue weighted by Crippen LogP contribution is 2.35. The lowest BCUT2D eigenvalue weighted by Gasteiger charge is -2.39. The molecule has 1 heterocycles. The summed E-state index contributed by atoms with van der Waals surface area (Å²) in [5, 5.41) is 11.7. The van der Waals surface area contributed by atoms with Gasteiger partial charge in [-0.1, -0.05) is 32.4 Å². The van der Waals surface area contributed by atoms with E-state index in [-0.39, 0.29) is 12.0 Å². The van der Waals surface area contributed by atoms with Crippen LogP contribution >= 0.6 is 22.9 Å². The van der Waals surface area contributed by atoms with Gasteiger partial charge < -0.3 is 9.84 Å². The van der Waals surface area contributed by atoms with Crippen molar-refractivity contribution in [3.05, 3.63) is 45.9 Å². The van der Waals surface area contributed by atoms with Crippen molar-refractivity contribution in [1.82, 2.24) is 4.98 Å². The first-order chi connectivity index (χ1) is 9.80. The summed E-state index contributed by atoms with van der Waals surface area (Å²) >= 11 is 7.40. The van der Waals surface area contributed by atoms with Gasteiger partial charge in [0.2, 0.25) is 0 Å². The van der Waals surface area contributed by atoms with Crippen molar-refractivity contribution in [3.63, 3.8) is 0 Å². The zero-order valence-corrected chi connectivity index (χ0v) is 14.0. The lowest BCUT2D eigenvalue weighted by atomic mass is 9.74. The smallest absolute Gasteiger partial charge is 0.119 e. The molecular formula is C16H20ClNO2S. The predicted molar refractivity (Wildman–Crippen MR) is 87.2 cm³/mol. The molecular weight excluding hydrogens is 306 g/mol. The highest BCUT2D eigenvalue weighted by molar-refractivity contribution is 7.09. The lowest BCUT2D eigenvalue weighted by Crippen LogP contribution is -2.49. The second-order valence-corrected chi connectivity index (χ2v) is 7.58. The maximum absolute atomic E-state index is 11.1. The summed E-state index contributed by atoms with van der Waals surface area (Å²) in [5.74, 6) is 0.700. The van der Waals surface area contributed by atoms with Crippen LogP contribution in [0.2, 0.25) is 5.02 Å². The molecule has 21 heavy (non-hydrogen) atoms. The summed E-state index contributed by atoms with van der Waals surface area (Å²) in [4.78, 5) is 5.12. The first-order valence-corrected chi connectivity index (χ1v) is 8.04. The van der Waals surface area contributed by atoms with Crippen molar-refractivity contribution >= 4 is 22.9 Å². The van der Waals surface area contributed by atoms with Gasteiger partial charge in [-0.2, -0.15) is 0 Å². The number of hydrogen-bond donors (Lipinski definition) is 1. The van der Waals surface area contributed by atoms with Crippen LogP contribution in [0.3, 0.4) is 0 Å². The topological polar surface area (TPSA) is 42.4 Å². The number of nitrogens with zero attached hydrogens (tertiary/aromatic N) is 1. The second kappa shape index (κ2) is 6.34. The minimum Gasteiger partial charge on any atom is -0.491 e. The average molecular weight is 326 g/mol. The number of ether oxygens (including phenoxy) is 1. The third-order valence-electron chi connectivity index (χ3n) is 3.64. The molecule has 114 valence electrons. The first kappa shape index (κ1) is 16.3. The molecule has 0 aliphatic carbocycles. The molecule has 0 saturated carbocycles. The van der Waals surface area contributed by atoms with Gasteiger partial charge in [-0.25, -0.2) is 0 Å². The molecule has 1 aromatic carbocycles. The molecule has 1 N–H and O–H groups in total. The molecule has 0 aliphatic heterocycles. The Morgan fingerprint density at radius 3 is 2.43 bits per heavy atom. The third-order valence-corrected chi connectivity index (χ3v) is 4.67. The van der Waals surface area contributed by atoms with Crippen LogP contribution < -0.4 is 4.74 Å². The van der Waals surface area contributed by atoms with Gasteiger partial charge in [-0.15, -0.1) is 11.3 Å². The summed E-state index contributed by atoms with van der Waals surface area (Å²) in [6, 6.07) is 7.16. The van der Waals surface area contributed by atoms with Gasteiger partial charge in [0.25, 0.3) is 0 Å². The Labute approximate surface area is 134 Å². The summed E-state index contributed by atoms with van der Waals surface area (Å²) in [7, 11) is 0. The molecule has 2 aromatic rings. The van der Waals surface area contributed by atoms with E-state index in [1.807, 2.05) is 20.8 Å². The van der Waals surface area contributed by atoms with E-state index in [9.17, 15) is 5.11 Å². The number of benzene rings is 1. The minimum atomic E-state index is -0.973. The van der Waals surface area contributed by atoms with Crippen molar-refractivity contribution in [2.24, 2.45) is 5.41 Å². The van der Waals surface area contributed by atoms with E-state index in [2.05, 4.69) is 4.98 Å². The van der Waals surface area contributed by atoms with Crippen molar-refractivity contribution < 1.29 is 9.84 Å². The van der Waals surface area contributed by atoms with E-state index in [1.54, 1.807) is 47.3 Å². The fourth-order valence-electron chi connectivity index (χ4n) is 1.88. The van der Waals surface area contributed by atoms with Crippen LogP contribution in [0.4, 0.5) is 0 Å². The fourth-order valence-corrected chi connectivity index (χ4v) is 2.71. The lowest BCUT2D eigenvalue weighted by molar-refractivity contribution is -0.0866. The van der Waals surface area contributed by atoms with Crippen LogP contribution in [0.1, 0.15) is 25.6 Å². The Morgan fingerprint density at radius 2 is 1.90 bits per heavy atom. The highest BCUT2D eigenvalue weighted by atomic mass is 35.5. The van der Waals surface area contributed by atoms with Crippen molar-refractivity contribution in [3.8, 4) is 5.75 Å². The highest BCUT2D eigenvalue weighted by Gasteiger charge is 2.41. The van der Waals surface area contributed by atoms with Gasteiger partial charge in [-0.05, 0) is 29.7 Å². The quantitative estimate of drug-likeness (QED) is 0.896. The minimum absolute atomic E-state index is 0.218. The Balaban J connectivity index is 2.11. The number of thiazole rings is 1. The molecule has 3 nitrogen and oxygen atoms in total. The van der Waals surface area contributed by atoms with Gasteiger partial charge in [0.15, 0.2) is 0 Å². The summed E-state index contributed by atoms with van der Waals surface area (Å²) in [6.45, 7) is 6.26. The van der Waals surface area contributed by atoms with E-state index in [4.69, 9.17) is 16.3 Å². The van der Waals surface area contributed by atoms with Gasteiger partial charge >= 0.3 is 0 Å². The number of halogens is 1. The van der Waals surface area contributed by atoms with Crippen molar-refractivity contribution in [1.29, 1.82) is 0 Å². The van der Waals surface area contributed by atoms with Crippen molar-refractivity contribution in [2.45, 2.75) is 32.8 Å². The Kier molecular flexibility index (Phi) is 4.91. The van der Waals surface area contributed by atoms with E-state index < -0.39 is 5.60 Å². The number of aromatic nitrogens is 1. The Bertz CT molecular complexity index is 563. The molecule has 0 bridgehead atoms. The van der Waals surface area contributed by atoms with Crippen LogP contribution in [0, 0.1) is 5.41 Å². The first-order valence-electron chi connectivity index (χ1n) is 6.78. The molecule has 1 unspecified atom stereocenters. The van der Waals surface area contributed by atoms with Crippen LogP contribution in [-0.2, 0) is 6.42 Å². The maximum Gasteiger partial charge on any atom is 0.119 e. The standard InChI is InChI=1S/C16H20ClNO2S/c1-15(2,3)16(19,8-14-9-18-11-21-14)10-20-13-6-4-12(17)5-7-13/h4-7,9,11,19H,8,10H2,1-3H3. The zero-order chi connectivity index (χ0) is 15.5. The maximum atomic E-state index is 11.1. The molecule has 2 rings (SSSR count). The molecule has 0 spiro atoms. The van der Waals surface area contributed by atoms with Crippen LogP contribution in [0.5, 0.6) is 5.75 Å². The normalized spacial score (nSPS) is 14.7. The van der Waals surface area contributed by atoms with E-state index in [0.29, 0.717) is 17.2 Å². The predicted octanol–water partition coefficient (Wildman–Crippen LogP) is 4.20. The third kappa shape index (κ3) is 4.19. The number of aliphatic hydroxyl groups is 1. The van der Waals surface area contributed by atoms with Gasteiger partial charge in [0.1, 0.15) is 18.0 Å². The molecule has 0 saturated heterocycles. The molecule has 1 atom stereocenters. The van der Waals surface area contributed by atoms with Gasteiger partial charge in [0, 0.05) is 22.5 Å². The fraction of sp³-hybridized carbons (Fsp3) is 0.438. The van der Waals surface area contributed by atoms with E-state index in [1.165, 1.54) is 0 Å². The SMILES string of the molecule is CC(C)(C)C(O)(COc1ccc(Cl)cc1)Cc1cncs1. The number of hydrogen-bond acceptors (Lipinski definition) is 4. The van der Waals surface area contributed by atoms with Crippen LogP contribution in [-0.4, -0.2) is 22.3 Å². The van der Waals surface area contributed by atoms with E-state index >= 15 is 0 Å². The summed E-state index contributed by atoms with van der Waals surface area (Å²) in [6.07, 6.45) is 2.32. The monoisotopic (exact) mass is 325 g/mol. The molecule has 0 radical (unpaired) electrons. The molecule has 0 aliphatic rings. The largest absolute Gasteiger partial charge is 0.491 e. The average Bonchev–Trinajstić information content (AvgIpc) is 2.89. The summed E-state index contributed by atoms with van der Waals surface area (Å²) in [5.41, 5.74) is 0.487. The molecule has 0 fully saturated rings. The van der Waals surface area contributed by atoms with E-state index in [0.717, 1.165) is 4.88 Å². The Hall–Kier alpha value is -1.10. The van der Waals surface area contributed by atoms with Crippen LogP contribution in [0.15, 0.2) is 36.0 Å². The summed E-state index contributed by atoms with van der Waals surface area (Å²) < 4.78 is 5.78. The van der Waals surface area contributed by atoms with Gasteiger partial charge in [-0.3, -0.25) is 4.98 Å². The van der Waals surface area contributed by atoms with Gasteiger partial charge in [0.05, 0.1) is 5.51 Å².